The van der Waals surface area contributed by atoms with E-state index in [0.29, 0.717) is 13.1 Å². The molecule has 80 valence electrons. The van der Waals surface area contributed by atoms with E-state index in [9.17, 15) is 0 Å². The van der Waals surface area contributed by atoms with Gasteiger partial charge in [-0.15, -0.1) is 0 Å². The number of rotatable bonds is 7. The van der Waals surface area contributed by atoms with Gasteiger partial charge in [0.1, 0.15) is 0 Å². The first-order valence-electron chi connectivity index (χ1n) is 4.66. The molecule has 0 spiro atoms. The van der Waals surface area contributed by atoms with E-state index < -0.39 is 0 Å². The van der Waals surface area contributed by atoms with Gasteiger partial charge in [-0.25, -0.2) is 0 Å². The van der Waals surface area contributed by atoms with Crippen LogP contribution < -0.4 is 11.5 Å². The molecule has 4 heteroatoms. The first-order chi connectivity index (χ1) is 6.20. The number of hydrogen-bond acceptors (Lipinski definition) is 4. The second kappa shape index (κ2) is 6.32. The minimum Gasteiger partial charge on any atom is -0.355 e. The first-order valence-corrected chi connectivity index (χ1v) is 4.66. The van der Waals surface area contributed by atoms with Crippen LogP contribution in [0.5, 0.6) is 0 Å². The molecule has 0 aliphatic rings. The molecule has 4 nitrogen and oxygen atoms in total. The van der Waals surface area contributed by atoms with Crippen molar-refractivity contribution in [2.24, 2.45) is 16.9 Å². The maximum absolute atomic E-state index is 5.74. The lowest BCUT2D eigenvalue weighted by Crippen LogP contribution is -2.44. The summed E-state index contributed by atoms with van der Waals surface area (Å²) in [7, 11) is 3.26. The van der Waals surface area contributed by atoms with Gasteiger partial charge in [0, 0.05) is 26.2 Å². The second-order valence-electron chi connectivity index (χ2n) is 3.26. The number of methoxy groups -OCH3 is 2. The van der Waals surface area contributed by atoms with E-state index in [0.717, 1.165) is 12.8 Å². The van der Waals surface area contributed by atoms with Gasteiger partial charge in [-0.1, -0.05) is 6.92 Å². The summed E-state index contributed by atoms with van der Waals surface area (Å²) < 4.78 is 10.5. The number of hydrogen-bond donors (Lipinski definition) is 2. The molecule has 0 fully saturated rings. The SMILES string of the molecule is CCC(CN)(CCN)C(OC)OC. The molecule has 0 aromatic carbocycles. The van der Waals surface area contributed by atoms with E-state index in [-0.39, 0.29) is 11.7 Å². The van der Waals surface area contributed by atoms with E-state index in [1.807, 2.05) is 0 Å². The normalized spacial score (nSPS) is 16.2. The fourth-order valence-electron chi connectivity index (χ4n) is 1.69. The van der Waals surface area contributed by atoms with Crippen molar-refractivity contribution in [3.63, 3.8) is 0 Å². The van der Waals surface area contributed by atoms with Crippen LogP contribution in [0.4, 0.5) is 0 Å². The van der Waals surface area contributed by atoms with Gasteiger partial charge in [-0.3, -0.25) is 0 Å². The van der Waals surface area contributed by atoms with Gasteiger partial charge >= 0.3 is 0 Å². The van der Waals surface area contributed by atoms with Crippen LogP contribution in [0.3, 0.4) is 0 Å². The van der Waals surface area contributed by atoms with Crippen LogP contribution in [-0.4, -0.2) is 33.6 Å². The van der Waals surface area contributed by atoms with Crippen LogP contribution in [0, 0.1) is 5.41 Å². The molecule has 0 amide bonds. The Hall–Kier alpha value is -0.160. The lowest BCUT2D eigenvalue weighted by atomic mass is 9.81. The van der Waals surface area contributed by atoms with Gasteiger partial charge in [0.25, 0.3) is 0 Å². The van der Waals surface area contributed by atoms with Crippen molar-refractivity contribution in [3.8, 4) is 0 Å². The highest BCUT2D eigenvalue weighted by atomic mass is 16.7. The van der Waals surface area contributed by atoms with Gasteiger partial charge in [-0.2, -0.15) is 0 Å². The molecule has 0 bridgehead atoms. The molecule has 0 aliphatic carbocycles. The Morgan fingerprint density at radius 2 is 1.77 bits per heavy atom. The predicted octanol–water partition coefficient (Wildman–Crippen LogP) is 0.309. The molecule has 0 radical (unpaired) electrons. The van der Waals surface area contributed by atoms with E-state index >= 15 is 0 Å². The zero-order valence-corrected chi connectivity index (χ0v) is 8.88. The molecule has 0 aromatic heterocycles. The molecule has 0 rings (SSSR count). The topological polar surface area (TPSA) is 70.5 Å². The molecule has 13 heavy (non-hydrogen) atoms. The minimum absolute atomic E-state index is 0.141. The van der Waals surface area contributed by atoms with Crippen molar-refractivity contribution in [1.82, 2.24) is 0 Å². The summed E-state index contributed by atoms with van der Waals surface area (Å²) in [5, 5.41) is 0. The van der Waals surface area contributed by atoms with Crippen molar-refractivity contribution in [2.45, 2.75) is 26.1 Å². The van der Waals surface area contributed by atoms with Crippen LogP contribution in [-0.2, 0) is 9.47 Å². The second-order valence-corrected chi connectivity index (χ2v) is 3.26. The largest absolute Gasteiger partial charge is 0.355 e. The summed E-state index contributed by atoms with van der Waals surface area (Å²) in [5.41, 5.74) is 11.1. The van der Waals surface area contributed by atoms with Crippen LogP contribution in [0.15, 0.2) is 0 Å². The Labute approximate surface area is 80.6 Å². The Bertz CT molecular complexity index is 123. The smallest absolute Gasteiger partial charge is 0.163 e. The van der Waals surface area contributed by atoms with Crippen molar-refractivity contribution in [3.05, 3.63) is 0 Å². The third-order valence-corrected chi connectivity index (χ3v) is 2.68. The van der Waals surface area contributed by atoms with Gasteiger partial charge in [0.15, 0.2) is 6.29 Å². The molecule has 0 saturated carbocycles. The Kier molecular flexibility index (Phi) is 6.24. The van der Waals surface area contributed by atoms with E-state index in [1.54, 1.807) is 14.2 Å². The summed E-state index contributed by atoms with van der Waals surface area (Å²) >= 11 is 0. The zero-order valence-electron chi connectivity index (χ0n) is 8.88. The van der Waals surface area contributed by atoms with Crippen LogP contribution in [0.25, 0.3) is 0 Å². The molecule has 1 unspecified atom stereocenters. The summed E-state index contributed by atoms with van der Waals surface area (Å²) in [4.78, 5) is 0. The van der Waals surface area contributed by atoms with E-state index in [2.05, 4.69) is 6.92 Å². The first kappa shape index (κ1) is 12.8. The monoisotopic (exact) mass is 190 g/mol. The number of ether oxygens (including phenoxy) is 2. The molecule has 0 saturated heterocycles. The summed E-state index contributed by atoms with van der Waals surface area (Å²) in [5.74, 6) is 0. The third kappa shape index (κ3) is 2.91. The van der Waals surface area contributed by atoms with Gasteiger partial charge in [0.2, 0.25) is 0 Å². The molecule has 4 N–H and O–H groups in total. The fraction of sp³-hybridized carbons (Fsp3) is 1.00. The minimum atomic E-state index is -0.258. The molecular weight excluding hydrogens is 168 g/mol. The fourth-order valence-corrected chi connectivity index (χ4v) is 1.69. The highest BCUT2D eigenvalue weighted by molar-refractivity contribution is 4.83. The Balaban J connectivity index is 4.50. The predicted molar refractivity (Wildman–Crippen MR) is 53.3 cm³/mol. The molecule has 0 aliphatic heterocycles. The van der Waals surface area contributed by atoms with Crippen LogP contribution in [0.1, 0.15) is 19.8 Å². The average molecular weight is 190 g/mol. The van der Waals surface area contributed by atoms with Crippen LogP contribution in [0.2, 0.25) is 0 Å². The van der Waals surface area contributed by atoms with E-state index in [1.165, 1.54) is 0 Å². The summed E-state index contributed by atoms with van der Waals surface area (Å²) in [6.07, 6.45) is 1.48. The molecule has 1 atom stereocenters. The highest BCUT2D eigenvalue weighted by Gasteiger charge is 2.35. The third-order valence-electron chi connectivity index (χ3n) is 2.68. The highest BCUT2D eigenvalue weighted by Crippen LogP contribution is 2.31. The summed E-state index contributed by atoms with van der Waals surface area (Å²) in [6, 6.07) is 0. The van der Waals surface area contributed by atoms with Crippen molar-refractivity contribution >= 4 is 0 Å². The quantitative estimate of drug-likeness (QED) is 0.567. The van der Waals surface area contributed by atoms with Crippen molar-refractivity contribution in [1.29, 1.82) is 0 Å². The van der Waals surface area contributed by atoms with Crippen molar-refractivity contribution in [2.75, 3.05) is 27.3 Å². The lowest BCUT2D eigenvalue weighted by Gasteiger charge is -2.37. The number of nitrogens with two attached hydrogens (primary N) is 2. The molecular formula is C9H22N2O2. The maximum Gasteiger partial charge on any atom is 0.163 e. The zero-order chi connectivity index (χ0) is 10.3. The van der Waals surface area contributed by atoms with Gasteiger partial charge in [0.05, 0.1) is 0 Å². The Morgan fingerprint density at radius 3 is 2.00 bits per heavy atom. The molecule has 0 aromatic rings. The van der Waals surface area contributed by atoms with Crippen LogP contribution >= 0.6 is 0 Å². The van der Waals surface area contributed by atoms with Gasteiger partial charge < -0.3 is 20.9 Å². The maximum atomic E-state index is 5.74. The van der Waals surface area contributed by atoms with Gasteiger partial charge in [-0.05, 0) is 19.4 Å². The standard InChI is InChI=1S/C9H22N2O2/c1-4-9(7-11,5-6-10)8(12-2)13-3/h8H,4-7,10-11H2,1-3H3. The average Bonchev–Trinajstić information content (AvgIpc) is 2.18. The molecule has 0 heterocycles. The van der Waals surface area contributed by atoms with E-state index in [4.69, 9.17) is 20.9 Å². The van der Waals surface area contributed by atoms with Crippen molar-refractivity contribution < 1.29 is 9.47 Å². The summed E-state index contributed by atoms with van der Waals surface area (Å²) in [6.45, 7) is 3.22. The lowest BCUT2D eigenvalue weighted by molar-refractivity contribution is -0.178. The Morgan fingerprint density at radius 1 is 1.23 bits per heavy atom.